The van der Waals surface area contributed by atoms with Gasteiger partial charge in [-0.05, 0) is 93.8 Å². The van der Waals surface area contributed by atoms with E-state index in [0.717, 1.165) is 146 Å². The fourth-order valence-electron chi connectivity index (χ4n) is 12.9. The molecule has 394 valence electrons. The number of ether oxygens (including phenoxy) is 3. The van der Waals surface area contributed by atoms with Crippen molar-refractivity contribution in [3.05, 3.63) is 309 Å². The highest BCUT2D eigenvalue weighted by Gasteiger charge is 2.38. The third kappa shape index (κ3) is 8.26. The molecule has 0 unspecified atom stereocenters. The molecule has 3 aliphatic heterocycles. The fraction of sp³-hybridized carbons (Fsp3) is 0. The van der Waals surface area contributed by atoms with E-state index < -0.39 is 0 Å². The SMILES string of the molecule is c1ccc(-c2cccc(-c3ccccc3)c2B2c3ccc(N4c5ccccc5-c5ccccc5Oc5ccccc5-c5ccccc54)cc3Oc3cc(N4c5ccccc5-c5ccccc5Oc5ccccc5-c5ccccc54)ccc32)cc1. The summed E-state index contributed by atoms with van der Waals surface area (Å²) in [5.41, 5.74) is 22.0. The Morgan fingerprint density at radius 1 is 0.214 bits per heavy atom. The minimum absolute atomic E-state index is 0.275. The third-order valence-corrected chi connectivity index (χ3v) is 16.6. The first-order chi connectivity index (χ1) is 41.7. The summed E-state index contributed by atoms with van der Waals surface area (Å²) in [6, 6.07) is 110. The zero-order valence-electron chi connectivity index (χ0n) is 45.6. The maximum atomic E-state index is 7.67. The van der Waals surface area contributed by atoms with Gasteiger partial charge in [0.1, 0.15) is 34.5 Å². The second-order valence-electron chi connectivity index (χ2n) is 21.4. The average molecular weight is 1080 g/mol. The van der Waals surface area contributed by atoms with Crippen molar-refractivity contribution in [3.63, 3.8) is 0 Å². The van der Waals surface area contributed by atoms with Gasteiger partial charge in [-0.1, -0.05) is 242 Å². The van der Waals surface area contributed by atoms with Crippen LogP contribution in [0.15, 0.2) is 309 Å². The van der Waals surface area contributed by atoms with Crippen LogP contribution in [0.5, 0.6) is 34.5 Å². The van der Waals surface area contributed by atoms with Gasteiger partial charge in [0.15, 0.2) is 0 Å². The van der Waals surface area contributed by atoms with Gasteiger partial charge in [0.25, 0.3) is 6.71 Å². The van der Waals surface area contributed by atoms with E-state index in [0.29, 0.717) is 0 Å². The van der Waals surface area contributed by atoms with Crippen molar-refractivity contribution in [2.75, 3.05) is 9.80 Å². The molecule has 3 heterocycles. The minimum atomic E-state index is -0.275. The van der Waals surface area contributed by atoms with Crippen LogP contribution in [0.25, 0.3) is 66.8 Å². The lowest BCUT2D eigenvalue weighted by Gasteiger charge is -2.35. The molecule has 0 aromatic heterocycles. The van der Waals surface area contributed by atoms with E-state index in [9.17, 15) is 0 Å². The quantitative estimate of drug-likeness (QED) is 0.161. The fourth-order valence-corrected chi connectivity index (χ4v) is 12.9. The molecule has 6 heteroatoms. The molecule has 0 aliphatic carbocycles. The highest BCUT2D eigenvalue weighted by molar-refractivity contribution is 6.98. The summed E-state index contributed by atoms with van der Waals surface area (Å²) >= 11 is 0. The van der Waals surface area contributed by atoms with Crippen LogP contribution in [0.1, 0.15) is 0 Å². The Balaban J connectivity index is 0.962. The van der Waals surface area contributed by atoms with Gasteiger partial charge in [0.2, 0.25) is 0 Å². The lowest BCUT2D eigenvalue weighted by molar-refractivity contribution is 0.486. The van der Waals surface area contributed by atoms with E-state index in [2.05, 4.69) is 295 Å². The normalized spacial score (nSPS) is 12.5. The summed E-state index contributed by atoms with van der Waals surface area (Å²) in [6.07, 6.45) is 0. The van der Waals surface area contributed by atoms with Crippen molar-refractivity contribution in [1.29, 1.82) is 0 Å². The van der Waals surface area contributed by atoms with Crippen LogP contribution >= 0.6 is 0 Å². The summed E-state index contributed by atoms with van der Waals surface area (Å²) in [5, 5.41) is 0. The standard InChI is InChI=1S/C78H51BN2O3/c1-3-24-52(25-4-1)56-36-23-37-57(53-26-5-2-6-27-53)78(56)79-66-48-46-54(80-68-38-15-7-28-58(68)62-32-11-19-42-72(62)82-73-43-20-12-33-63(73)59-29-8-16-39-69(59)80)50-76(66)84-77-51-55(47-49-67(77)79)81-70-40-17-9-30-60(70)64-34-13-21-44-74(64)83-75-45-22-14-35-65(75)61-31-10-18-41-71(61)81/h1-51H. The van der Waals surface area contributed by atoms with E-state index in [4.69, 9.17) is 14.2 Å². The second kappa shape index (κ2) is 20.5. The number of hydrogen-bond donors (Lipinski definition) is 0. The molecule has 3 aliphatic rings. The van der Waals surface area contributed by atoms with E-state index in [1.165, 1.54) is 5.46 Å². The predicted molar refractivity (Wildman–Crippen MR) is 346 cm³/mol. The van der Waals surface area contributed by atoms with Crippen molar-refractivity contribution >= 4 is 57.2 Å². The Morgan fingerprint density at radius 2 is 0.488 bits per heavy atom. The topological polar surface area (TPSA) is 34.2 Å². The molecule has 0 saturated heterocycles. The van der Waals surface area contributed by atoms with Crippen molar-refractivity contribution in [2.45, 2.75) is 0 Å². The molecule has 0 spiro atoms. The molecule has 0 amide bonds. The molecule has 0 N–H and O–H groups in total. The van der Waals surface area contributed by atoms with Gasteiger partial charge in [-0.25, -0.2) is 0 Å². The average Bonchev–Trinajstić information content (AvgIpc) is 2.14. The van der Waals surface area contributed by atoms with Crippen LogP contribution in [0, 0.1) is 0 Å². The number of rotatable bonds is 5. The molecule has 13 aromatic rings. The van der Waals surface area contributed by atoms with Gasteiger partial charge < -0.3 is 24.0 Å². The first-order valence-corrected chi connectivity index (χ1v) is 28.6. The van der Waals surface area contributed by atoms with E-state index in [1.807, 2.05) is 24.3 Å². The molecule has 5 nitrogen and oxygen atoms in total. The largest absolute Gasteiger partial charge is 0.458 e. The Kier molecular flexibility index (Phi) is 11.9. The van der Waals surface area contributed by atoms with Crippen LogP contribution in [0.3, 0.4) is 0 Å². The number of anilines is 6. The summed E-state index contributed by atoms with van der Waals surface area (Å²) in [6.45, 7) is -0.275. The molecular weight excluding hydrogens is 1020 g/mol. The van der Waals surface area contributed by atoms with Crippen LogP contribution < -0.4 is 40.4 Å². The van der Waals surface area contributed by atoms with Crippen LogP contribution in [0.4, 0.5) is 34.1 Å². The highest BCUT2D eigenvalue weighted by atomic mass is 16.5. The lowest BCUT2D eigenvalue weighted by atomic mass is 9.34. The van der Waals surface area contributed by atoms with Crippen molar-refractivity contribution in [2.24, 2.45) is 0 Å². The number of hydrogen-bond acceptors (Lipinski definition) is 5. The van der Waals surface area contributed by atoms with Crippen molar-refractivity contribution in [1.82, 2.24) is 0 Å². The van der Waals surface area contributed by atoms with Crippen molar-refractivity contribution < 1.29 is 14.2 Å². The van der Waals surface area contributed by atoms with Gasteiger partial charge in [0.05, 0.1) is 22.7 Å². The van der Waals surface area contributed by atoms with Crippen LogP contribution in [-0.4, -0.2) is 6.71 Å². The highest BCUT2D eigenvalue weighted by Crippen LogP contribution is 2.53. The van der Waals surface area contributed by atoms with E-state index in [1.54, 1.807) is 0 Å². The number of nitrogens with zero attached hydrogens (tertiary/aromatic N) is 2. The number of para-hydroxylation sites is 8. The van der Waals surface area contributed by atoms with Gasteiger partial charge in [-0.2, -0.15) is 0 Å². The Labute approximate surface area is 489 Å². The third-order valence-electron chi connectivity index (χ3n) is 16.6. The molecule has 0 atom stereocenters. The second-order valence-corrected chi connectivity index (χ2v) is 21.4. The molecular formula is C78H51BN2O3. The van der Waals surface area contributed by atoms with Gasteiger partial charge in [-0.15, -0.1) is 0 Å². The summed E-state index contributed by atoms with van der Waals surface area (Å²) < 4.78 is 21.5. The Bertz CT molecular complexity index is 4220. The number of fused-ring (bicyclic) bond motifs is 14. The van der Waals surface area contributed by atoms with Gasteiger partial charge in [-0.3, -0.25) is 0 Å². The van der Waals surface area contributed by atoms with Gasteiger partial charge in [0, 0.05) is 68.0 Å². The Morgan fingerprint density at radius 3 is 0.833 bits per heavy atom. The summed E-state index contributed by atoms with van der Waals surface area (Å²) in [4.78, 5) is 4.81. The molecule has 13 aromatic carbocycles. The minimum Gasteiger partial charge on any atom is -0.458 e. The maximum absolute atomic E-state index is 7.67. The van der Waals surface area contributed by atoms with Gasteiger partial charge >= 0.3 is 0 Å². The molecule has 0 radical (unpaired) electrons. The first kappa shape index (κ1) is 48.8. The van der Waals surface area contributed by atoms with Crippen molar-refractivity contribution in [3.8, 4) is 101 Å². The zero-order valence-corrected chi connectivity index (χ0v) is 45.6. The molecule has 0 fully saturated rings. The first-order valence-electron chi connectivity index (χ1n) is 28.6. The molecule has 84 heavy (non-hydrogen) atoms. The Hall–Kier alpha value is -11.1. The summed E-state index contributed by atoms with van der Waals surface area (Å²) in [7, 11) is 0. The molecule has 0 bridgehead atoms. The maximum Gasteiger partial charge on any atom is 0.252 e. The van der Waals surface area contributed by atoms with E-state index >= 15 is 0 Å². The monoisotopic (exact) mass is 1070 g/mol. The molecule has 0 saturated carbocycles. The smallest absolute Gasteiger partial charge is 0.252 e. The van der Waals surface area contributed by atoms with E-state index in [-0.39, 0.29) is 6.71 Å². The summed E-state index contributed by atoms with van der Waals surface area (Å²) in [5.74, 6) is 4.66. The van der Waals surface area contributed by atoms with Crippen LogP contribution in [-0.2, 0) is 0 Å². The predicted octanol–water partition coefficient (Wildman–Crippen LogP) is 19.5. The zero-order chi connectivity index (χ0) is 55.5. The molecule has 16 rings (SSSR count). The lowest BCUT2D eigenvalue weighted by Crippen LogP contribution is -2.56. The number of benzene rings is 13. The van der Waals surface area contributed by atoms with Crippen LogP contribution in [0.2, 0.25) is 0 Å².